The van der Waals surface area contributed by atoms with Gasteiger partial charge in [0.15, 0.2) is 0 Å². The van der Waals surface area contributed by atoms with Crippen molar-refractivity contribution in [3.05, 3.63) is 29.8 Å². The molecular weight excluding hydrogens is 220 g/mol. The molecule has 0 unspecified atom stereocenters. The molecule has 2 N–H and O–H groups in total. The van der Waals surface area contributed by atoms with Gasteiger partial charge in [-0.2, -0.15) is 0 Å². The number of benzene rings is 1. The first kappa shape index (κ1) is 11.4. The summed E-state index contributed by atoms with van der Waals surface area (Å²) >= 11 is 0. The first-order valence-corrected chi connectivity index (χ1v) is 5.49. The molecule has 1 aliphatic heterocycles. The van der Waals surface area contributed by atoms with Crippen LogP contribution in [0.5, 0.6) is 5.75 Å². The molecule has 0 saturated carbocycles. The van der Waals surface area contributed by atoms with Crippen LogP contribution in [0.25, 0.3) is 0 Å². The van der Waals surface area contributed by atoms with Crippen LogP contribution >= 0.6 is 0 Å². The SMILES string of the molecule is O=C(c1ccc(O)cc1)N1CCC(=NO)CC1. The number of nitrogens with zero attached hydrogens (tertiary/aromatic N) is 2. The van der Waals surface area contributed by atoms with Crippen LogP contribution in [0.3, 0.4) is 0 Å². The number of hydrogen-bond donors (Lipinski definition) is 2. The van der Waals surface area contributed by atoms with E-state index in [1.54, 1.807) is 17.0 Å². The zero-order chi connectivity index (χ0) is 12.3. The van der Waals surface area contributed by atoms with E-state index in [9.17, 15) is 4.79 Å². The minimum atomic E-state index is -0.0537. The Bertz CT molecular complexity index is 430. The minimum Gasteiger partial charge on any atom is -0.508 e. The van der Waals surface area contributed by atoms with Gasteiger partial charge in [0.25, 0.3) is 5.91 Å². The Labute approximate surface area is 99.0 Å². The highest BCUT2D eigenvalue weighted by Crippen LogP contribution is 2.14. The highest BCUT2D eigenvalue weighted by molar-refractivity contribution is 5.96. The van der Waals surface area contributed by atoms with E-state index in [0.29, 0.717) is 31.5 Å². The third-order valence-electron chi connectivity index (χ3n) is 2.88. The summed E-state index contributed by atoms with van der Waals surface area (Å²) in [5, 5.41) is 20.9. The summed E-state index contributed by atoms with van der Waals surface area (Å²) in [5.41, 5.74) is 1.30. The third kappa shape index (κ3) is 2.55. The smallest absolute Gasteiger partial charge is 0.253 e. The monoisotopic (exact) mass is 234 g/mol. The molecule has 5 nitrogen and oxygen atoms in total. The van der Waals surface area contributed by atoms with Gasteiger partial charge in [-0.25, -0.2) is 0 Å². The topological polar surface area (TPSA) is 73.1 Å². The van der Waals surface area contributed by atoms with E-state index in [-0.39, 0.29) is 11.7 Å². The second-order valence-electron chi connectivity index (χ2n) is 4.01. The van der Waals surface area contributed by atoms with E-state index < -0.39 is 0 Å². The number of rotatable bonds is 1. The molecule has 1 fully saturated rings. The molecule has 1 heterocycles. The second-order valence-corrected chi connectivity index (χ2v) is 4.01. The largest absolute Gasteiger partial charge is 0.508 e. The molecule has 5 heteroatoms. The van der Waals surface area contributed by atoms with E-state index in [4.69, 9.17) is 10.3 Å². The molecule has 1 amide bonds. The highest BCUT2D eigenvalue weighted by atomic mass is 16.4. The molecular formula is C12H14N2O3. The molecule has 0 bridgehead atoms. The summed E-state index contributed by atoms with van der Waals surface area (Å²) in [5.74, 6) is 0.0943. The van der Waals surface area contributed by atoms with Gasteiger partial charge < -0.3 is 15.2 Å². The minimum absolute atomic E-state index is 0.0537. The summed E-state index contributed by atoms with van der Waals surface area (Å²) in [6.45, 7) is 1.14. The van der Waals surface area contributed by atoms with Gasteiger partial charge >= 0.3 is 0 Å². The van der Waals surface area contributed by atoms with Gasteiger partial charge in [-0.15, -0.1) is 0 Å². The number of phenolic OH excluding ortho intramolecular Hbond substituents is 1. The third-order valence-corrected chi connectivity index (χ3v) is 2.88. The zero-order valence-corrected chi connectivity index (χ0v) is 9.33. The fourth-order valence-electron chi connectivity index (χ4n) is 1.85. The summed E-state index contributed by atoms with van der Waals surface area (Å²) < 4.78 is 0. The molecule has 17 heavy (non-hydrogen) atoms. The number of amides is 1. The maximum Gasteiger partial charge on any atom is 0.253 e. The standard InChI is InChI=1S/C12H14N2O3/c15-11-3-1-9(2-4-11)12(16)14-7-5-10(13-17)6-8-14/h1-4,15,17H,5-8H2. The van der Waals surface area contributed by atoms with E-state index in [1.807, 2.05) is 0 Å². The van der Waals surface area contributed by atoms with Crippen molar-refractivity contribution < 1.29 is 15.1 Å². The van der Waals surface area contributed by atoms with Gasteiger partial charge in [-0.05, 0) is 24.3 Å². The molecule has 0 radical (unpaired) electrons. The quantitative estimate of drug-likeness (QED) is 0.570. The zero-order valence-electron chi connectivity index (χ0n) is 9.33. The van der Waals surface area contributed by atoms with Gasteiger partial charge in [0.05, 0.1) is 5.71 Å². The van der Waals surface area contributed by atoms with E-state index in [0.717, 1.165) is 5.71 Å². The first-order valence-electron chi connectivity index (χ1n) is 5.49. The van der Waals surface area contributed by atoms with Crippen molar-refractivity contribution in [3.63, 3.8) is 0 Å². The summed E-state index contributed by atoms with van der Waals surface area (Å²) in [6, 6.07) is 6.20. The number of phenols is 1. The lowest BCUT2D eigenvalue weighted by atomic mass is 10.1. The van der Waals surface area contributed by atoms with Crippen molar-refractivity contribution in [1.29, 1.82) is 0 Å². The predicted octanol–water partition coefficient (Wildman–Crippen LogP) is 1.46. The highest BCUT2D eigenvalue weighted by Gasteiger charge is 2.21. The van der Waals surface area contributed by atoms with Gasteiger partial charge in [0.2, 0.25) is 0 Å². The Morgan fingerprint density at radius 2 is 1.76 bits per heavy atom. The molecule has 1 aromatic rings. The van der Waals surface area contributed by atoms with Crippen molar-refractivity contribution in [2.75, 3.05) is 13.1 Å². The molecule has 1 aliphatic rings. The van der Waals surface area contributed by atoms with E-state index in [1.165, 1.54) is 12.1 Å². The molecule has 1 aromatic carbocycles. The lowest BCUT2D eigenvalue weighted by Crippen LogP contribution is -2.38. The molecule has 0 aliphatic carbocycles. The molecule has 1 saturated heterocycles. The van der Waals surface area contributed by atoms with Gasteiger partial charge in [0.1, 0.15) is 5.75 Å². The van der Waals surface area contributed by atoms with Crippen LogP contribution in [0.15, 0.2) is 29.4 Å². The molecule has 2 rings (SSSR count). The van der Waals surface area contributed by atoms with Crippen LogP contribution in [-0.2, 0) is 0 Å². The lowest BCUT2D eigenvalue weighted by molar-refractivity contribution is 0.0753. The molecule has 0 atom stereocenters. The molecule has 90 valence electrons. The summed E-state index contributed by atoms with van der Waals surface area (Å²) in [4.78, 5) is 13.8. The number of carbonyl (C=O) groups excluding carboxylic acids is 1. The summed E-state index contributed by atoms with van der Waals surface area (Å²) in [6.07, 6.45) is 1.22. The number of carbonyl (C=O) groups is 1. The van der Waals surface area contributed by atoms with Crippen molar-refractivity contribution in [2.45, 2.75) is 12.8 Å². The Hall–Kier alpha value is -2.04. The average Bonchev–Trinajstić information content (AvgIpc) is 2.39. The van der Waals surface area contributed by atoms with Crippen LogP contribution in [0.4, 0.5) is 0 Å². The van der Waals surface area contributed by atoms with Gasteiger partial charge in [0, 0.05) is 31.5 Å². The Balaban J connectivity index is 2.04. The van der Waals surface area contributed by atoms with Gasteiger partial charge in [-0.1, -0.05) is 5.16 Å². The maximum absolute atomic E-state index is 12.0. The molecule has 0 spiro atoms. The van der Waals surface area contributed by atoms with Gasteiger partial charge in [-0.3, -0.25) is 4.79 Å². The fraction of sp³-hybridized carbons (Fsp3) is 0.333. The van der Waals surface area contributed by atoms with Crippen molar-refractivity contribution in [2.24, 2.45) is 5.16 Å². The van der Waals surface area contributed by atoms with Crippen molar-refractivity contribution in [1.82, 2.24) is 4.90 Å². The number of piperidine rings is 1. The van der Waals surface area contributed by atoms with E-state index >= 15 is 0 Å². The van der Waals surface area contributed by atoms with Crippen LogP contribution in [0.2, 0.25) is 0 Å². The number of aromatic hydroxyl groups is 1. The van der Waals surface area contributed by atoms with Crippen LogP contribution in [0.1, 0.15) is 23.2 Å². The lowest BCUT2D eigenvalue weighted by Gasteiger charge is -2.27. The average molecular weight is 234 g/mol. The van der Waals surface area contributed by atoms with E-state index in [2.05, 4.69) is 5.16 Å². The van der Waals surface area contributed by atoms with Crippen molar-refractivity contribution in [3.8, 4) is 5.75 Å². The number of hydrogen-bond acceptors (Lipinski definition) is 4. The Morgan fingerprint density at radius 3 is 2.29 bits per heavy atom. The maximum atomic E-state index is 12.0. The Kier molecular flexibility index (Phi) is 3.27. The Morgan fingerprint density at radius 1 is 1.18 bits per heavy atom. The predicted molar refractivity (Wildman–Crippen MR) is 62.5 cm³/mol. The molecule has 0 aromatic heterocycles. The number of oxime groups is 1. The van der Waals surface area contributed by atoms with Crippen LogP contribution < -0.4 is 0 Å². The normalized spacial score (nSPS) is 15.8. The number of likely N-dealkylation sites (tertiary alicyclic amines) is 1. The first-order chi connectivity index (χ1) is 8.20. The van der Waals surface area contributed by atoms with Crippen LogP contribution in [0, 0.1) is 0 Å². The van der Waals surface area contributed by atoms with Crippen LogP contribution in [-0.4, -0.2) is 39.9 Å². The fourth-order valence-corrected chi connectivity index (χ4v) is 1.85. The summed E-state index contributed by atoms with van der Waals surface area (Å²) in [7, 11) is 0. The van der Waals surface area contributed by atoms with Crippen molar-refractivity contribution >= 4 is 11.6 Å². The second kappa shape index (κ2) is 4.86.